The van der Waals surface area contributed by atoms with Crippen LogP contribution in [0, 0.1) is 15.5 Å². The van der Waals surface area contributed by atoms with E-state index in [1.165, 1.54) is 27.0 Å². The van der Waals surface area contributed by atoms with Crippen LogP contribution in [0.4, 0.5) is 5.69 Å². The molecule has 0 aliphatic rings. The summed E-state index contributed by atoms with van der Waals surface area (Å²) in [5, 5.41) is 19.9. The average molecular weight is 297 g/mol. The Labute approximate surface area is 120 Å². The maximum atomic E-state index is 11.0. The highest BCUT2D eigenvalue weighted by Gasteiger charge is 2.29. The van der Waals surface area contributed by atoms with Gasteiger partial charge in [0.1, 0.15) is 6.61 Å². The van der Waals surface area contributed by atoms with Crippen LogP contribution in [0.5, 0.6) is 11.5 Å². The predicted molar refractivity (Wildman–Crippen MR) is 71.9 cm³/mol. The third kappa shape index (κ3) is 3.68. The molecule has 1 aromatic rings. The van der Waals surface area contributed by atoms with Crippen molar-refractivity contribution in [2.24, 2.45) is 5.41 Å². The first kappa shape index (κ1) is 16.4. The first-order valence-electron chi connectivity index (χ1n) is 5.90. The molecule has 1 N–H and O–H groups in total. The van der Waals surface area contributed by atoms with Crippen molar-refractivity contribution in [1.82, 2.24) is 0 Å². The lowest BCUT2D eigenvalue weighted by Gasteiger charge is -2.20. The van der Waals surface area contributed by atoms with Crippen LogP contribution in [0.3, 0.4) is 0 Å². The van der Waals surface area contributed by atoms with Gasteiger partial charge in [0.2, 0.25) is 0 Å². The van der Waals surface area contributed by atoms with E-state index in [1.807, 2.05) is 0 Å². The predicted octanol–water partition coefficient (Wildman–Crippen LogP) is 1.91. The number of nitro benzene ring substituents is 1. The number of rotatable bonds is 7. The second-order valence-electron chi connectivity index (χ2n) is 4.91. The Morgan fingerprint density at radius 1 is 1.43 bits per heavy atom. The Morgan fingerprint density at radius 3 is 2.48 bits per heavy atom. The Balaban J connectivity index is 3.17. The van der Waals surface area contributed by atoms with Gasteiger partial charge in [-0.25, -0.2) is 0 Å². The van der Waals surface area contributed by atoms with E-state index in [1.54, 1.807) is 0 Å². The Bertz CT molecular complexity index is 580. The van der Waals surface area contributed by atoms with Gasteiger partial charge in [-0.2, -0.15) is 0 Å². The van der Waals surface area contributed by atoms with Gasteiger partial charge in [0.25, 0.3) is 5.69 Å². The van der Waals surface area contributed by atoms with E-state index < -0.39 is 22.0 Å². The fraction of sp³-hybridized carbons (Fsp3) is 0.385. The van der Waals surface area contributed by atoms with E-state index >= 15 is 0 Å². The van der Waals surface area contributed by atoms with Gasteiger partial charge in [-0.05, 0) is 13.8 Å². The molecule has 0 aliphatic heterocycles. The van der Waals surface area contributed by atoms with Gasteiger partial charge in [-0.1, -0.05) is 0 Å². The topological polar surface area (TPSA) is 116 Å². The van der Waals surface area contributed by atoms with Crippen LogP contribution in [0.15, 0.2) is 12.1 Å². The number of carbonyl (C=O) groups is 2. The molecule has 8 nitrogen and oxygen atoms in total. The summed E-state index contributed by atoms with van der Waals surface area (Å²) in [5.74, 6) is -0.950. The van der Waals surface area contributed by atoms with Gasteiger partial charge in [-0.3, -0.25) is 19.7 Å². The number of hydrogen-bond acceptors (Lipinski definition) is 6. The fourth-order valence-corrected chi connectivity index (χ4v) is 1.41. The number of carboxylic acid groups (broad SMARTS) is 1. The number of aliphatic carboxylic acids is 1. The number of methoxy groups -OCH3 is 1. The summed E-state index contributed by atoms with van der Waals surface area (Å²) >= 11 is 0. The molecular formula is C13H15NO7. The minimum absolute atomic E-state index is 0.00382. The van der Waals surface area contributed by atoms with Gasteiger partial charge >= 0.3 is 5.97 Å². The standard InChI is InChI=1S/C13H15NO7/c1-13(2,12(16)17)7-21-11-5-9(14(18)19)8(6-15)4-10(11)20-3/h4-6H,7H2,1-3H3,(H,16,17). The molecule has 21 heavy (non-hydrogen) atoms. The monoisotopic (exact) mass is 297 g/mol. The zero-order valence-electron chi connectivity index (χ0n) is 11.8. The number of carboxylic acids is 1. The summed E-state index contributed by atoms with van der Waals surface area (Å²) in [4.78, 5) is 32.0. The maximum absolute atomic E-state index is 11.0. The van der Waals surface area contributed by atoms with E-state index in [0.717, 1.165) is 6.07 Å². The summed E-state index contributed by atoms with van der Waals surface area (Å²) in [5.41, 5.74) is -1.76. The van der Waals surface area contributed by atoms with Crippen molar-refractivity contribution >= 4 is 17.9 Å². The van der Waals surface area contributed by atoms with E-state index in [4.69, 9.17) is 14.6 Å². The Kier molecular flexibility index (Phi) is 4.85. The van der Waals surface area contributed by atoms with Crippen molar-refractivity contribution in [2.75, 3.05) is 13.7 Å². The minimum Gasteiger partial charge on any atom is -0.493 e. The number of aldehydes is 1. The highest BCUT2D eigenvalue weighted by atomic mass is 16.6. The SMILES string of the molecule is COc1cc(C=O)c([N+](=O)[O-])cc1OCC(C)(C)C(=O)O. The minimum atomic E-state index is -1.18. The van der Waals surface area contributed by atoms with Crippen LogP contribution in [0.25, 0.3) is 0 Å². The van der Waals surface area contributed by atoms with Gasteiger partial charge in [-0.15, -0.1) is 0 Å². The molecule has 0 unspecified atom stereocenters. The number of ether oxygens (including phenoxy) is 2. The second kappa shape index (κ2) is 6.21. The first-order chi connectivity index (χ1) is 9.72. The molecule has 0 heterocycles. The Morgan fingerprint density at radius 2 is 2.05 bits per heavy atom. The molecule has 0 saturated carbocycles. The zero-order valence-corrected chi connectivity index (χ0v) is 11.8. The quantitative estimate of drug-likeness (QED) is 0.464. The van der Waals surface area contributed by atoms with Crippen LogP contribution in [-0.2, 0) is 4.79 Å². The summed E-state index contributed by atoms with van der Waals surface area (Å²) in [7, 11) is 1.31. The molecule has 0 atom stereocenters. The van der Waals surface area contributed by atoms with Crippen molar-refractivity contribution in [3.8, 4) is 11.5 Å². The molecule has 0 amide bonds. The van der Waals surface area contributed by atoms with Crippen LogP contribution in [0.2, 0.25) is 0 Å². The van der Waals surface area contributed by atoms with Crippen LogP contribution in [-0.4, -0.2) is 36.0 Å². The lowest BCUT2D eigenvalue weighted by atomic mass is 9.95. The smallest absolute Gasteiger partial charge is 0.312 e. The third-order valence-corrected chi connectivity index (χ3v) is 2.80. The maximum Gasteiger partial charge on any atom is 0.312 e. The number of hydrogen-bond donors (Lipinski definition) is 1. The van der Waals surface area contributed by atoms with E-state index in [9.17, 15) is 19.7 Å². The van der Waals surface area contributed by atoms with Gasteiger partial charge in [0.05, 0.1) is 29.1 Å². The molecular weight excluding hydrogens is 282 g/mol. The lowest BCUT2D eigenvalue weighted by molar-refractivity contribution is -0.385. The largest absolute Gasteiger partial charge is 0.493 e. The van der Waals surface area contributed by atoms with Gasteiger partial charge in [0, 0.05) is 6.07 Å². The molecule has 1 rings (SSSR count). The first-order valence-corrected chi connectivity index (χ1v) is 5.90. The second-order valence-corrected chi connectivity index (χ2v) is 4.91. The highest BCUT2D eigenvalue weighted by molar-refractivity contribution is 5.83. The number of benzene rings is 1. The van der Waals surface area contributed by atoms with Gasteiger partial charge < -0.3 is 14.6 Å². The molecule has 0 aliphatic carbocycles. The van der Waals surface area contributed by atoms with Crippen molar-refractivity contribution in [3.05, 3.63) is 27.8 Å². The molecule has 0 aromatic heterocycles. The summed E-state index contributed by atoms with van der Waals surface area (Å²) in [6, 6.07) is 2.22. The summed E-state index contributed by atoms with van der Waals surface area (Å²) in [6.45, 7) is 2.70. The highest BCUT2D eigenvalue weighted by Crippen LogP contribution is 2.35. The molecule has 0 spiro atoms. The number of nitrogens with zero attached hydrogens (tertiary/aromatic N) is 1. The normalized spacial score (nSPS) is 10.8. The average Bonchev–Trinajstić information content (AvgIpc) is 2.43. The lowest BCUT2D eigenvalue weighted by Crippen LogP contribution is -2.30. The van der Waals surface area contributed by atoms with Crippen LogP contribution >= 0.6 is 0 Å². The fourth-order valence-electron chi connectivity index (χ4n) is 1.41. The Hall–Kier alpha value is -2.64. The summed E-state index contributed by atoms with van der Waals surface area (Å²) in [6.07, 6.45) is 0.339. The van der Waals surface area contributed by atoms with Crippen LogP contribution in [0.1, 0.15) is 24.2 Å². The summed E-state index contributed by atoms with van der Waals surface area (Å²) < 4.78 is 10.3. The van der Waals surface area contributed by atoms with Gasteiger partial charge in [0.15, 0.2) is 17.8 Å². The van der Waals surface area contributed by atoms with Crippen molar-refractivity contribution in [2.45, 2.75) is 13.8 Å². The van der Waals surface area contributed by atoms with Crippen molar-refractivity contribution in [1.29, 1.82) is 0 Å². The molecule has 0 fully saturated rings. The number of carbonyl (C=O) groups excluding carboxylic acids is 1. The molecule has 114 valence electrons. The zero-order chi connectivity index (χ0) is 16.2. The molecule has 8 heteroatoms. The number of nitro groups is 1. The molecule has 0 radical (unpaired) electrons. The van der Waals surface area contributed by atoms with Crippen molar-refractivity contribution in [3.63, 3.8) is 0 Å². The van der Waals surface area contributed by atoms with E-state index in [0.29, 0.717) is 6.29 Å². The third-order valence-electron chi connectivity index (χ3n) is 2.80. The van der Waals surface area contributed by atoms with Crippen molar-refractivity contribution < 1.29 is 29.1 Å². The molecule has 0 bridgehead atoms. The van der Waals surface area contributed by atoms with E-state index in [2.05, 4.69) is 0 Å². The molecule has 0 saturated heterocycles. The molecule has 1 aromatic carbocycles. The van der Waals surface area contributed by atoms with Crippen LogP contribution < -0.4 is 9.47 Å². The van der Waals surface area contributed by atoms with E-state index in [-0.39, 0.29) is 23.7 Å².